The van der Waals surface area contributed by atoms with E-state index in [4.69, 9.17) is 0 Å². The molecule has 1 aliphatic heterocycles. The molecule has 1 nitrogen and oxygen atoms in total. The van der Waals surface area contributed by atoms with Crippen molar-refractivity contribution in [2.75, 3.05) is 12.3 Å². The third-order valence-electron chi connectivity index (χ3n) is 3.63. The molecule has 1 aliphatic carbocycles. The second-order valence-electron chi connectivity index (χ2n) is 4.32. The summed E-state index contributed by atoms with van der Waals surface area (Å²) >= 11 is 4.38. The summed E-state index contributed by atoms with van der Waals surface area (Å²) in [5, 5.41) is 0. The molecule has 0 aromatic heterocycles. The van der Waals surface area contributed by atoms with E-state index in [0.717, 1.165) is 17.7 Å². The molecule has 0 aromatic rings. The molecular formula is C10H19NS. The van der Waals surface area contributed by atoms with E-state index in [1.807, 2.05) is 0 Å². The maximum atomic E-state index is 4.38. The highest BCUT2D eigenvalue weighted by Gasteiger charge is 2.38. The molecule has 2 heteroatoms. The van der Waals surface area contributed by atoms with Crippen LogP contribution in [0.4, 0.5) is 0 Å². The molecule has 0 aromatic carbocycles. The highest BCUT2D eigenvalue weighted by Crippen LogP contribution is 2.38. The Hall–Kier alpha value is 0.310. The second kappa shape index (κ2) is 3.59. The molecule has 1 saturated carbocycles. The lowest BCUT2D eigenvalue weighted by molar-refractivity contribution is 0.197. The van der Waals surface area contributed by atoms with Gasteiger partial charge in [0, 0.05) is 17.8 Å². The Bertz CT molecular complexity index is 160. The first kappa shape index (κ1) is 8.89. The van der Waals surface area contributed by atoms with Gasteiger partial charge in [-0.1, -0.05) is 6.42 Å². The van der Waals surface area contributed by atoms with Crippen molar-refractivity contribution in [3.05, 3.63) is 0 Å². The van der Waals surface area contributed by atoms with Crippen LogP contribution >= 0.6 is 12.6 Å². The summed E-state index contributed by atoms with van der Waals surface area (Å²) in [5.74, 6) is 2.05. The molecule has 1 heterocycles. The summed E-state index contributed by atoms with van der Waals surface area (Å²) in [6.45, 7) is 3.64. The summed E-state index contributed by atoms with van der Waals surface area (Å²) in [6.07, 6.45) is 5.84. The van der Waals surface area contributed by atoms with E-state index in [-0.39, 0.29) is 0 Å². The molecule has 1 saturated heterocycles. The van der Waals surface area contributed by atoms with Gasteiger partial charge in [-0.25, -0.2) is 0 Å². The Kier molecular flexibility index (Phi) is 2.66. The van der Waals surface area contributed by atoms with Crippen molar-refractivity contribution in [1.29, 1.82) is 0 Å². The highest BCUT2D eigenvalue weighted by atomic mass is 32.1. The summed E-state index contributed by atoms with van der Waals surface area (Å²) in [6, 6.07) is 1.62. The van der Waals surface area contributed by atoms with Crippen molar-refractivity contribution >= 4 is 12.6 Å². The van der Waals surface area contributed by atoms with Crippen LogP contribution in [0.3, 0.4) is 0 Å². The predicted octanol–water partition coefficient (Wildman–Crippen LogP) is 2.18. The van der Waals surface area contributed by atoms with Crippen molar-refractivity contribution in [2.24, 2.45) is 5.92 Å². The largest absolute Gasteiger partial charge is 0.297 e. The fourth-order valence-corrected chi connectivity index (χ4v) is 3.13. The summed E-state index contributed by atoms with van der Waals surface area (Å²) in [7, 11) is 0. The number of likely N-dealkylation sites (tertiary alicyclic amines) is 1. The van der Waals surface area contributed by atoms with Crippen LogP contribution in [-0.2, 0) is 0 Å². The number of hydrogen-bond acceptors (Lipinski definition) is 2. The molecule has 3 atom stereocenters. The lowest BCUT2D eigenvalue weighted by Gasteiger charge is -2.29. The lowest BCUT2D eigenvalue weighted by Crippen LogP contribution is -2.38. The Labute approximate surface area is 80.9 Å². The van der Waals surface area contributed by atoms with Gasteiger partial charge in [-0.2, -0.15) is 12.6 Å². The molecular weight excluding hydrogens is 166 g/mol. The molecule has 2 rings (SSSR count). The third kappa shape index (κ3) is 1.39. The van der Waals surface area contributed by atoms with E-state index < -0.39 is 0 Å². The van der Waals surface area contributed by atoms with E-state index in [1.165, 1.54) is 32.2 Å². The summed E-state index contributed by atoms with van der Waals surface area (Å²) in [5.41, 5.74) is 0. The zero-order valence-electron chi connectivity index (χ0n) is 7.87. The highest BCUT2D eigenvalue weighted by molar-refractivity contribution is 7.80. The first-order valence-electron chi connectivity index (χ1n) is 5.19. The van der Waals surface area contributed by atoms with Crippen LogP contribution in [0.25, 0.3) is 0 Å². The number of nitrogens with zero attached hydrogens (tertiary/aromatic N) is 1. The predicted molar refractivity (Wildman–Crippen MR) is 55.8 cm³/mol. The Balaban J connectivity index is 1.99. The smallest absolute Gasteiger partial charge is 0.0158 e. The van der Waals surface area contributed by atoms with Crippen molar-refractivity contribution in [3.63, 3.8) is 0 Å². The van der Waals surface area contributed by atoms with Crippen LogP contribution in [0.15, 0.2) is 0 Å². The molecule has 12 heavy (non-hydrogen) atoms. The standard InChI is InChI=1S/C10H19NS/c1-8(7-12)11-6-5-9-3-2-4-10(9)11/h8-10,12H,2-7H2,1H3/t8-,9-,10-/m0/s1. The maximum Gasteiger partial charge on any atom is 0.0158 e. The zero-order valence-corrected chi connectivity index (χ0v) is 8.76. The van der Waals surface area contributed by atoms with Crippen molar-refractivity contribution in [1.82, 2.24) is 4.90 Å². The quantitative estimate of drug-likeness (QED) is 0.645. The van der Waals surface area contributed by atoms with E-state index >= 15 is 0 Å². The lowest BCUT2D eigenvalue weighted by atomic mass is 10.0. The van der Waals surface area contributed by atoms with Crippen molar-refractivity contribution in [3.8, 4) is 0 Å². The van der Waals surface area contributed by atoms with Gasteiger partial charge in [0.05, 0.1) is 0 Å². The molecule has 0 N–H and O–H groups in total. The van der Waals surface area contributed by atoms with Gasteiger partial charge in [0.15, 0.2) is 0 Å². The minimum absolute atomic E-state index is 0.696. The van der Waals surface area contributed by atoms with Crippen molar-refractivity contribution < 1.29 is 0 Å². The van der Waals surface area contributed by atoms with E-state index in [1.54, 1.807) is 0 Å². The summed E-state index contributed by atoms with van der Waals surface area (Å²) in [4.78, 5) is 2.69. The molecule has 0 spiro atoms. The fourth-order valence-electron chi connectivity index (χ4n) is 2.92. The van der Waals surface area contributed by atoms with Crippen LogP contribution < -0.4 is 0 Å². The average Bonchev–Trinajstić information content (AvgIpc) is 2.62. The molecule has 2 fully saturated rings. The third-order valence-corrected chi connectivity index (χ3v) is 4.16. The molecule has 0 bridgehead atoms. The van der Waals surface area contributed by atoms with Crippen LogP contribution in [-0.4, -0.2) is 29.3 Å². The monoisotopic (exact) mass is 185 g/mol. The van der Waals surface area contributed by atoms with Gasteiger partial charge < -0.3 is 0 Å². The van der Waals surface area contributed by atoms with E-state index in [2.05, 4.69) is 24.5 Å². The van der Waals surface area contributed by atoms with Gasteiger partial charge in [-0.05, 0) is 38.6 Å². The molecule has 0 unspecified atom stereocenters. The normalized spacial score (nSPS) is 38.5. The number of thiol groups is 1. The topological polar surface area (TPSA) is 3.24 Å². The van der Waals surface area contributed by atoms with Gasteiger partial charge in [0.2, 0.25) is 0 Å². The number of rotatable bonds is 2. The average molecular weight is 185 g/mol. The van der Waals surface area contributed by atoms with Gasteiger partial charge in [-0.3, -0.25) is 4.90 Å². The summed E-state index contributed by atoms with van der Waals surface area (Å²) < 4.78 is 0. The molecule has 70 valence electrons. The van der Waals surface area contributed by atoms with Crippen LogP contribution in [0.1, 0.15) is 32.6 Å². The van der Waals surface area contributed by atoms with E-state index in [9.17, 15) is 0 Å². The number of hydrogen-bond donors (Lipinski definition) is 1. The molecule has 0 amide bonds. The minimum atomic E-state index is 0.696. The second-order valence-corrected chi connectivity index (χ2v) is 4.68. The van der Waals surface area contributed by atoms with E-state index in [0.29, 0.717) is 6.04 Å². The Morgan fingerprint density at radius 2 is 2.25 bits per heavy atom. The number of fused-ring (bicyclic) bond motifs is 1. The first-order valence-corrected chi connectivity index (χ1v) is 5.82. The maximum absolute atomic E-state index is 4.38. The fraction of sp³-hybridized carbons (Fsp3) is 1.00. The molecule has 2 aliphatic rings. The van der Waals surface area contributed by atoms with Gasteiger partial charge in [0.25, 0.3) is 0 Å². The van der Waals surface area contributed by atoms with Crippen LogP contribution in [0, 0.1) is 5.92 Å². The first-order chi connectivity index (χ1) is 5.83. The van der Waals surface area contributed by atoms with Crippen molar-refractivity contribution in [2.45, 2.75) is 44.7 Å². The van der Waals surface area contributed by atoms with Crippen LogP contribution in [0.5, 0.6) is 0 Å². The Morgan fingerprint density at radius 1 is 1.42 bits per heavy atom. The minimum Gasteiger partial charge on any atom is -0.297 e. The van der Waals surface area contributed by atoms with Crippen LogP contribution in [0.2, 0.25) is 0 Å². The van der Waals surface area contributed by atoms with Gasteiger partial charge in [0.1, 0.15) is 0 Å². The van der Waals surface area contributed by atoms with Gasteiger partial charge in [-0.15, -0.1) is 0 Å². The SMILES string of the molecule is C[C@@H](CS)N1CC[C@@H]2CCC[C@@H]21. The molecule has 0 radical (unpaired) electrons. The van der Waals surface area contributed by atoms with Gasteiger partial charge >= 0.3 is 0 Å². The Morgan fingerprint density at radius 3 is 3.00 bits per heavy atom. The zero-order chi connectivity index (χ0) is 8.55.